The SMILES string of the molecule is CCC1CCCC(NC(=O)c2ccc(C#CCO)cc2)C1. The van der Waals surface area contributed by atoms with Gasteiger partial charge in [-0.3, -0.25) is 4.79 Å². The highest BCUT2D eigenvalue weighted by atomic mass is 16.2. The summed E-state index contributed by atoms with van der Waals surface area (Å²) in [4.78, 5) is 12.2. The fraction of sp³-hybridized carbons (Fsp3) is 0.500. The lowest BCUT2D eigenvalue weighted by molar-refractivity contribution is 0.0919. The van der Waals surface area contributed by atoms with Gasteiger partial charge in [-0.25, -0.2) is 0 Å². The monoisotopic (exact) mass is 285 g/mol. The molecule has 1 aliphatic carbocycles. The van der Waals surface area contributed by atoms with Gasteiger partial charge < -0.3 is 10.4 Å². The number of aliphatic hydroxyl groups is 1. The third-order valence-corrected chi connectivity index (χ3v) is 4.15. The van der Waals surface area contributed by atoms with E-state index >= 15 is 0 Å². The number of carbonyl (C=O) groups excluding carboxylic acids is 1. The van der Waals surface area contributed by atoms with Crippen LogP contribution in [0.3, 0.4) is 0 Å². The van der Waals surface area contributed by atoms with Gasteiger partial charge in [0.05, 0.1) is 0 Å². The molecule has 1 aromatic carbocycles. The molecule has 0 saturated heterocycles. The van der Waals surface area contributed by atoms with Crippen molar-refractivity contribution in [2.24, 2.45) is 5.92 Å². The van der Waals surface area contributed by atoms with Gasteiger partial charge in [0.15, 0.2) is 0 Å². The van der Waals surface area contributed by atoms with E-state index in [9.17, 15) is 4.79 Å². The molecule has 0 heterocycles. The van der Waals surface area contributed by atoms with Crippen molar-refractivity contribution in [3.05, 3.63) is 35.4 Å². The zero-order chi connectivity index (χ0) is 15.1. The Hall–Kier alpha value is -1.79. The largest absolute Gasteiger partial charge is 0.384 e. The molecule has 2 atom stereocenters. The summed E-state index contributed by atoms with van der Waals surface area (Å²) in [6.45, 7) is 2.07. The van der Waals surface area contributed by atoms with Gasteiger partial charge in [0.25, 0.3) is 5.91 Å². The first-order valence-electron chi connectivity index (χ1n) is 7.73. The Bertz CT molecular complexity index is 524. The summed E-state index contributed by atoms with van der Waals surface area (Å²) in [5.41, 5.74) is 1.48. The Balaban J connectivity index is 1.93. The van der Waals surface area contributed by atoms with E-state index in [0.717, 1.165) is 24.3 Å². The molecule has 0 radical (unpaired) electrons. The molecule has 1 aromatic rings. The van der Waals surface area contributed by atoms with Gasteiger partial charge in [0, 0.05) is 17.2 Å². The fourth-order valence-corrected chi connectivity index (χ4v) is 2.91. The van der Waals surface area contributed by atoms with Gasteiger partial charge in [-0.15, -0.1) is 0 Å². The van der Waals surface area contributed by atoms with Crippen molar-refractivity contribution in [3.8, 4) is 11.8 Å². The number of hydrogen-bond acceptors (Lipinski definition) is 2. The van der Waals surface area contributed by atoms with Crippen molar-refractivity contribution in [2.75, 3.05) is 6.61 Å². The normalized spacial score (nSPS) is 21.2. The highest BCUT2D eigenvalue weighted by molar-refractivity contribution is 5.94. The van der Waals surface area contributed by atoms with Crippen LogP contribution in [0.25, 0.3) is 0 Å². The van der Waals surface area contributed by atoms with Gasteiger partial charge in [-0.05, 0) is 43.0 Å². The topological polar surface area (TPSA) is 49.3 Å². The van der Waals surface area contributed by atoms with E-state index in [0.29, 0.717) is 11.6 Å². The molecule has 0 aliphatic heterocycles. The minimum absolute atomic E-state index is 0.00146. The number of amides is 1. The van der Waals surface area contributed by atoms with Crippen LogP contribution in [-0.2, 0) is 0 Å². The minimum Gasteiger partial charge on any atom is -0.384 e. The van der Waals surface area contributed by atoms with Crippen molar-refractivity contribution in [1.82, 2.24) is 5.32 Å². The van der Waals surface area contributed by atoms with Gasteiger partial charge in [0.1, 0.15) is 6.61 Å². The maximum absolute atomic E-state index is 12.2. The van der Waals surface area contributed by atoms with E-state index in [2.05, 4.69) is 24.1 Å². The lowest BCUT2D eigenvalue weighted by atomic mass is 9.84. The second-order valence-corrected chi connectivity index (χ2v) is 5.65. The van der Waals surface area contributed by atoms with Crippen LogP contribution in [-0.4, -0.2) is 23.7 Å². The first-order chi connectivity index (χ1) is 10.2. The summed E-state index contributed by atoms with van der Waals surface area (Å²) in [5.74, 6) is 6.17. The number of carbonyl (C=O) groups is 1. The van der Waals surface area contributed by atoms with Crippen LogP contribution >= 0.6 is 0 Å². The van der Waals surface area contributed by atoms with E-state index in [-0.39, 0.29) is 12.5 Å². The van der Waals surface area contributed by atoms with Crippen LogP contribution in [0.1, 0.15) is 54.9 Å². The van der Waals surface area contributed by atoms with Gasteiger partial charge >= 0.3 is 0 Å². The Morgan fingerprint density at radius 3 is 2.76 bits per heavy atom. The summed E-state index contributed by atoms with van der Waals surface area (Å²) in [6.07, 6.45) is 5.88. The molecule has 3 nitrogen and oxygen atoms in total. The second kappa shape index (κ2) is 7.85. The smallest absolute Gasteiger partial charge is 0.251 e. The van der Waals surface area contributed by atoms with Gasteiger partial charge in [-0.1, -0.05) is 38.0 Å². The maximum Gasteiger partial charge on any atom is 0.251 e. The van der Waals surface area contributed by atoms with Gasteiger partial charge in [0.2, 0.25) is 0 Å². The molecule has 2 unspecified atom stereocenters. The molecular formula is C18H23NO2. The van der Waals surface area contributed by atoms with E-state index in [1.165, 1.54) is 19.3 Å². The van der Waals surface area contributed by atoms with Crippen LogP contribution in [0.5, 0.6) is 0 Å². The predicted octanol–water partition coefficient (Wildman–Crippen LogP) is 2.73. The van der Waals surface area contributed by atoms with Crippen molar-refractivity contribution in [1.29, 1.82) is 0 Å². The Kier molecular flexibility index (Phi) is 5.83. The van der Waals surface area contributed by atoms with Crippen molar-refractivity contribution in [2.45, 2.75) is 45.1 Å². The summed E-state index contributed by atoms with van der Waals surface area (Å²) in [6, 6.07) is 7.51. The Labute approximate surface area is 126 Å². The summed E-state index contributed by atoms with van der Waals surface area (Å²) < 4.78 is 0. The maximum atomic E-state index is 12.2. The molecule has 0 spiro atoms. The van der Waals surface area contributed by atoms with Crippen molar-refractivity contribution < 1.29 is 9.90 Å². The van der Waals surface area contributed by atoms with E-state index in [1.54, 1.807) is 12.1 Å². The quantitative estimate of drug-likeness (QED) is 0.839. The van der Waals surface area contributed by atoms with Crippen LogP contribution in [0.2, 0.25) is 0 Å². The van der Waals surface area contributed by atoms with E-state index in [1.807, 2.05) is 12.1 Å². The molecule has 1 amide bonds. The first-order valence-corrected chi connectivity index (χ1v) is 7.73. The van der Waals surface area contributed by atoms with E-state index < -0.39 is 0 Å². The highest BCUT2D eigenvalue weighted by Crippen LogP contribution is 2.26. The molecule has 1 aliphatic rings. The molecule has 0 aromatic heterocycles. The molecule has 0 bridgehead atoms. The molecular weight excluding hydrogens is 262 g/mol. The van der Waals surface area contributed by atoms with Crippen LogP contribution in [0.15, 0.2) is 24.3 Å². The fourth-order valence-electron chi connectivity index (χ4n) is 2.91. The average Bonchev–Trinajstić information content (AvgIpc) is 2.53. The van der Waals surface area contributed by atoms with Crippen molar-refractivity contribution >= 4 is 5.91 Å². The second-order valence-electron chi connectivity index (χ2n) is 5.65. The number of nitrogens with one attached hydrogen (secondary N) is 1. The molecule has 21 heavy (non-hydrogen) atoms. The zero-order valence-electron chi connectivity index (χ0n) is 12.6. The Morgan fingerprint density at radius 1 is 1.33 bits per heavy atom. The standard InChI is InChI=1S/C18H23NO2/c1-2-14-5-3-7-17(13-14)19-18(21)16-10-8-15(9-11-16)6-4-12-20/h8-11,14,17,20H,2-3,5,7,12-13H2,1H3,(H,19,21). The summed E-state index contributed by atoms with van der Waals surface area (Å²) in [5, 5.41) is 11.8. The summed E-state index contributed by atoms with van der Waals surface area (Å²) >= 11 is 0. The lowest BCUT2D eigenvalue weighted by Gasteiger charge is -2.29. The van der Waals surface area contributed by atoms with Crippen LogP contribution in [0, 0.1) is 17.8 Å². The molecule has 112 valence electrons. The van der Waals surface area contributed by atoms with Gasteiger partial charge in [-0.2, -0.15) is 0 Å². The van der Waals surface area contributed by atoms with Crippen molar-refractivity contribution in [3.63, 3.8) is 0 Å². The zero-order valence-corrected chi connectivity index (χ0v) is 12.6. The minimum atomic E-state index is -0.150. The molecule has 2 rings (SSSR count). The first kappa shape index (κ1) is 15.6. The number of benzene rings is 1. The third kappa shape index (κ3) is 4.61. The number of rotatable bonds is 3. The summed E-state index contributed by atoms with van der Waals surface area (Å²) in [7, 11) is 0. The molecule has 2 N–H and O–H groups in total. The molecule has 1 fully saturated rings. The molecule has 1 saturated carbocycles. The Morgan fingerprint density at radius 2 is 2.10 bits per heavy atom. The molecule has 3 heteroatoms. The van der Waals surface area contributed by atoms with Crippen LogP contribution < -0.4 is 5.32 Å². The number of aliphatic hydroxyl groups excluding tert-OH is 1. The number of hydrogen-bond donors (Lipinski definition) is 2. The lowest BCUT2D eigenvalue weighted by Crippen LogP contribution is -2.38. The van der Waals surface area contributed by atoms with E-state index in [4.69, 9.17) is 5.11 Å². The van der Waals surface area contributed by atoms with Crippen LogP contribution in [0.4, 0.5) is 0 Å². The average molecular weight is 285 g/mol. The highest BCUT2D eigenvalue weighted by Gasteiger charge is 2.22. The third-order valence-electron chi connectivity index (χ3n) is 4.15. The predicted molar refractivity (Wildman–Crippen MR) is 83.9 cm³/mol.